The molecule has 0 fully saturated rings. The van der Waals surface area contributed by atoms with Gasteiger partial charge in [0.1, 0.15) is 0 Å². The largest absolute Gasteiger partial charge is 0.619 e. The third-order valence-electron chi connectivity index (χ3n) is 5.45. The first kappa shape index (κ1) is 35.3. The summed E-state index contributed by atoms with van der Waals surface area (Å²) in [4.78, 5) is 17.6. The Hall–Kier alpha value is -2.76. The molecule has 4 aromatic rings. The minimum atomic E-state index is -0.0301. The van der Waals surface area contributed by atoms with Crippen LogP contribution in [-0.4, -0.2) is 17.1 Å². The summed E-state index contributed by atoms with van der Waals surface area (Å²) < 4.78 is 9.66. The molecule has 0 amide bonds. The van der Waals surface area contributed by atoms with Gasteiger partial charge in [-0.1, -0.05) is 0 Å². The number of halogens is 3. The van der Waals surface area contributed by atoms with Crippen LogP contribution in [0.1, 0.15) is 44.5 Å². The van der Waals surface area contributed by atoms with E-state index in [1.807, 2.05) is 54.5 Å². The van der Waals surface area contributed by atoms with Gasteiger partial charge in [-0.15, -0.1) is 0 Å². The van der Waals surface area contributed by atoms with Crippen LogP contribution in [-0.2, 0) is 0 Å². The Labute approximate surface area is 261 Å². The molecule has 0 radical (unpaired) electrons. The molecule has 4 rings (SSSR count). The molecule has 4 heterocycles. The van der Waals surface area contributed by atoms with Crippen LogP contribution in [0.2, 0.25) is 0 Å². The summed E-state index contributed by atoms with van der Waals surface area (Å²) >= 11 is 10.1. The van der Waals surface area contributed by atoms with Gasteiger partial charge in [-0.3, -0.25) is 4.79 Å². The SMILES string of the molecule is COc1ncc(C)c(Br)c1C.Cc1c[n+]([O-])cc(C)c1Br.Cc1c[nH]c(=O)c(C)c1Br.Cc1cc(C)c[n+]([O-])c1. The van der Waals surface area contributed by atoms with Gasteiger partial charge < -0.3 is 20.1 Å². The number of aromatic nitrogens is 4. The lowest BCUT2D eigenvalue weighted by Gasteiger charge is -2.06. The molecule has 40 heavy (non-hydrogen) atoms. The Balaban J connectivity index is 0.000000267. The molecule has 216 valence electrons. The summed E-state index contributed by atoms with van der Waals surface area (Å²) in [6.45, 7) is 15.3. The first-order valence-electron chi connectivity index (χ1n) is 12.1. The van der Waals surface area contributed by atoms with Gasteiger partial charge in [0.25, 0.3) is 5.56 Å². The van der Waals surface area contributed by atoms with E-state index in [0.717, 1.165) is 67.4 Å². The molecule has 0 atom stereocenters. The molecule has 4 aromatic heterocycles. The first-order valence-corrected chi connectivity index (χ1v) is 14.5. The molecular weight excluding hydrogens is 708 g/mol. The zero-order chi connectivity index (χ0) is 30.7. The number of nitrogens with one attached hydrogen (secondary N) is 1. The van der Waals surface area contributed by atoms with Gasteiger partial charge in [0.2, 0.25) is 5.88 Å². The van der Waals surface area contributed by atoms with Gasteiger partial charge in [0, 0.05) is 59.2 Å². The molecule has 11 heteroatoms. The second-order valence-electron chi connectivity index (χ2n) is 9.18. The number of methoxy groups -OCH3 is 1. The molecule has 0 saturated carbocycles. The number of rotatable bonds is 1. The maximum Gasteiger partial charge on any atom is 0.251 e. The average Bonchev–Trinajstić information content (AvgIpc) is 2.87. The van der Waals surface area contributed by atoms with E-state index in [1.165, 1.54) is 12.4 Å². The van der Waals surface area contributed by atoms with Crippen LogP contribution in [0.25, 0.3) is 0 Å². The summed E-state index contributed by atoms with van der Waals surface area (Å²) in [6, 6.07) is 1.97. The smallest absolute Gasteiger partial charge is 0.251 e. The van der Waals surface area contributed by atoms with E-state index in [-0.39, 0.29) is 5.56 Å². The van der Waals surface area contributed by atoms with E-state index in [1.54, 1.807) is 38.8 Å². The van der Waals surface area contributed by atoms with Crippen LogP contribution in [0, 0.1) is 65.8 Å². The van der Waals surface area contributed by atoms with Crippen molar-refractivity contribution in [2.45, 2.75) is 55.4 Å². The van der Waals surface area contributed by atoms with Crippen molar-refractivity contribution in [3.05, 3.63) is 122 Å². The summed E-state index contributed by atoms with van der Waals surface area (Å²) in [7, 11) is 1.62. The Morgan fingerprint density at radius 2 is 1.20 bits per heavy atom. The van der Waals surface area contributed by atoms with Crippen LogP contribution in [0.15, 0.2) is 61.5 Å². The maximum atomic E-state index is 10.9. The zero-order valence-electron chi connectivity index (χ0n) is 24.1. The topological polar surface area (TPSA) is 109 Å². The van der Waals surface area contributed by atoms with Crippen LogP contribution >= 0.6 is 47.8 Å². The number of pyridine rings is 4. The molecule has 0 aliphatic carbocycles. The Bertz CT molecular complexity index is 1430. The summed E-state index contributed by atoms with van der Waals surface area (Å²) in [5, 5.41) is 21.4. The number of aryl methyl sites for hydroxylation is 6. The van der Waals surface area contributed by atoms with Crippen molar-refractivity contribution in [2.24, 2.45) is 0 Å². The number of hydrogen-bond acceptors (Lipinski definition) is 5. The lowest BCUT2D eigenvalue weighted by molar-refractivity contribution is -0.606. The van der Waals surface area contributed by atoms with Crippen molar-refractivity contribution >= 4 is 47.8 Å². The number of H-pyrrole nitrogens is 1. The van der Waals surface area contributed by atoms with Crippen molar-refractivity contribution in [1.82, 2.24) is 9.97 Å². The number of nitrogens with zero attached hydrogens (tertiary/aromatic N) is 3. The van der Waals surface area contributed by atoms with Crippen molar-refractivity contribution in [3.8, 4) is 5.88 Å². The van der Waals surface area contributed by atoms with Gasteiger partial charge in [-0.2, -0.15) is 9.46 Å². The third-order valence-corrected chi connectivity index (χ3v) is 9.14. The molecule has 0 spiro atoms. The quantitative estimate of drug-likeness (QED) is 0.169. The first-order chi connectivity index (χ1) is 18.6. The fraction of sp³-hybridized carbons (Fsp3) is 0.310. The number of aromatic amines is 1. The Kier molecular flexibility index (Phi) is 14.5. The van der Waals surface area contributed by atoms with Gasteiger partial charge >= 0.3 is 0 Å². The van der Waals surface area contributed by atoms with Crippen molar-refractivity contribution in [3.63, 3.8) is 0 Å². The zero-order valence-corrected chi connectivity index (χ0v) is 28.9. The molecule has 1 N–H and O–H groups in total. The third kappa shape index (κ3) is 11.0. The second kappa shape index (κ2) is 16.5. The molecule has 0 aromatic carbocycles. The highest BCUT2D eigenvalue weighted by atomic mass is 79.9. The molecule has 0 unspecified atom stereocenters. The van der Waals surface area contributed by atoms with Crippen LogP contribution in [0.3, 0.4) is 0 Å². The summed E-state index contributed by atoms with van der Waals surface area (Å²) in [5.74, 6) is 0.683. The minimum absolute atomic E-state index is 0.0301. The highest BCUT2D eigenvalue weighted by molar-refractivity contribution is 9.11. The standard InChI is InChI=1S/C8H10BrNO.2C7H8BrNO.C7H9NO/c1-5-4-10-8(11-3)6(2)7(5)9;1-5-3-9(10)4-6(2)7(5)8;1-4-3-9-7(10)5(2)6(4)8;1-6-3-7(2)5-8(9)4-6/h4H,1-3H3;3-4H,1-2H3;3H,1-2H3,(H,9,10);3-5H,1-2H3. The van der Waals surface area contributed by atoms with Crippen molar-refractivity contribution in [1.29, 1.82) is 0 Å². The van der Waals surface area contributed by atoms with Crippen LogP contribution < -0.4 is 19.8 Å². The monoisotopic (exact) mass is 740 g/mol. The fourth-order valence-corrected chi connectivity index (χ4v) is 4.13. The van der Waals surface area contributed by atoms with Gasteiger partial charge in [0.15, 0.2) is 24.8 Å². The van der Waals surface area contributed by atoms with Crippen LogP contribution in [0.5, 0.6) is 5.88 Å². The van der Waals surface area contributed by atoms with Crippen molar-refractivity contribution in [2.75, 3.05) is 7.11 Å². The fourth-order valence-electron chi connectivity index (χ4n) is 3.36. The highest BCUT2D eigenvalue weighted by Crippen LogP contribution is 2.26. The Morgan fingerprint density at radius 3 is 1.65 bits per heavy atom. The van der Waals surface area contributed by atoms with E-state index in [0.29, 0.717) is 5.88 Å². The van der Waals surface area contributed by atoms with E-state index < -0.39 is 0 Å². The normalized spacial score (nSPS) is 9.80. The number of ether oxygens (including phenoxy) is 1. The molecular formula is C29H35Br3N4O4. The molecule has 0 aliphatic rings. The minimum Gasteiger partial charge on any atom is -0.619 e. The summed E-state index contributed by atoms with van der Waals surface area (Å²) in [6.07, 6.45) is 9.66. The van der Waals surface area contributed by atoms with E-state index in [4.69, 9.17) is 4.74 Å². The van der Waals surface area contributed by atoms with Gasteiger partial charge in [-0.25, -0.2) is 4.98 Å². The molecule has 0 bridgehead atoms. The van der Waals surface area contributed by atoms with E-state index in [2.05, 4.69) is 57.8 Å². The average molecular weight is 743 g/mol. The van der Waals surface area contributed by atoms with Gasteiger partial charge in [0.05, 0.1) is 7.11 Å². The van der Waals surface area contributed by atoms with Crippen LogP contribution in [0.4, 0.5) is 0 Å². The molecule has 0 saturated heterocycles. The number of hydrogen-bond donors (Lipinski definition) is 1. The van der Waals surface area contributed by atoms with Gasteiger partial charge in [-0.05, 0) is 120 Å². The maximum absolute atomic E-state index is 10.9. The lowest BCUT2D eigenvalue weighted by atomic mass is 10.2. The summed E-state index contributed by atoms with van der Waals surface area (Å²) in [5.41, 5.74) is 7.88. The predicted molar refractivity (Wildman–Crippen MR) is 170 cm³/mol. The highest BCUT2D eigenvalue weighted by Gasteiger charge is 2.05. The molecule has 0 aliphatic heterocycles. The van der Waals surface area contributed by atoms with Crippen molar-refractivity contribution < 1.29 is 14.2 Å². The predicted octanol–water partition coefficient (Wildman–Crippen LogP) is 6.86. The Morgan fingerprint density at radius 1 is 0.725 bits per heavy atom. The lowest BCUT2D eigenvalue weighted by Crippen LogP contribution is -2.25. The molecule has 8 nitrogen and oxygen atoms in total. The second-order valence-corrected chi connectivity index (χ2v) is 11.6. The van der Waals surface area contributed by atoms with E-state index in [9.17, 15) is 15.2 Å². The van der Waals surface area contributed by atoms with E-state index >= 15 is 0 Å².